The average Bonchev–Trinajstić information content (AvgIpc) is 2.80. The number of hydrogen-bond donors (Lipinski definition) is 1. The molecule has 1 aromatic heterocycles. The summed E-state index contributed by atoms with van der Waals surface area (Å²) < 4.78 is 37.7. The monoisotopic (exact) mass is 337 g/mol. The standard InChI is InChI=1S/C12H8Cl2F3N3O/c13-8-2-1-3-9(14)7(8)6-20-5-4-10(19-20)18-11(21)12(15,16)17/h1-5H,6H2,(H,18,19,21). The summed E-state index contributed by atoms with van der Waals surface area (Å²) >= 11 is 12.0. The van der Waals surface area contributed by atoms with Crippen LogP contribution in [-0.4, -0.2) is 21.9 Å². The second-order valence-corrected chi connectivity index (χ2v) is 4.87. The molecule has 21 heavy (non-hydrogen) atoms. The van der Waals surface area contributed by atoms with Crippen LogP contribution >= 0.6 is 23.2 Å². The molecule has 4 nitrogen and oxygen atoms in total. The Morgan fingerprint density at radius 3 is 2.43 bits per heavy atom. The molecule has 0 bridgehead atoms. The molecular formula is C12H8Cl2F3N3O. The fraction of sp³-hybridized carbons (Fsp3) is 0.167. The van der Waals surface area contributed by atoms with Crippen molar-refractivity contribution >= 4 is 34.9 Å². The van der Waals surface area contributed by atoms with Gasteiger partial charge in [0.25, 0.3) is 0 Å². The summed E-state index contributed by atoms with van der Waals surface area (Å²) in [6.45, 7) is 0.167. The van der Waals surface area contributed by atoms with Gasteiger partial charge in [-0.3, -0.25) is 9.48 Å². The number of alkyl halides is 3. The molecule has 0 unspecified atom stereocenters. The Morgan fingerprint density at radius 1 is 1.24 bits per heavy atom. The van der Waals surface area contributed by atoms with Gasteiger partial charge in [-0.2, -0.15) is 18.3 Å². The number of anilines is 1. The van der Waals surface area contributed by atoms with Crippen LogP contribution in [0.25, 0.3) is 0 Å². The van der Waals surface area contributed by atoms with E-state index in [9.17, 15) is 18.0 Å². The van der Waals surface area contributed by atoms with Crippen LogP contribution < -0.4 is 5.32 Å². The molecule has 1 heterocycles. The minimum atomic E-state index is -4.96. The zero-order valence-electron chi connectivity index (χ0n) is 10.3. The van der Waals surface area contributed by atoms with Crippen molar-refractivity contribution in [1.29, 1.82) is 0 Å². The molecule has 2 aromatic rings. The third-order valence-electron chi connectivity index (χ3n) is 2.52. The second kappa shape index (κ2) is 5.95. The van der Waals surface area contributed by atoms with Crippen LogP contribution in [0.3, 0.4) is 0 Å². The molecule has 0 saturated heterocycles. The Hall–Kier alpha value is -1.73. The van der Waals surface area contributed by atoms with E-state index in [1.807, 2.05) is 0 Å². The van der Waals surface area contributed by atoms with Gasteiger partial charge in [0.1, 0.15) is 0 Å². The molecule has 0 fully saturated rings. The predicted molar refractivity (Wildman–Crippen MR) is 72.5 cm³/mol. The summed E-state index contributed by atoms with van der Waals surface area (Å²) in [6, 6.07) is 6.19. The predicted octanol–water partition coefficient (Wildman–Crippen LogP) is 3.74. The Morgan fingerprint density at radius 2 is 1.86 bits per heavy atom. The summed E-state index contributed by atoms with van der Waals surface area (Å²) in [5.74, 6) is -2.29. The number of nitrogens with one attached hydrogen (secondary N) is 1. The molecule has 1 amide bonds. The molecule has 9 heteroatoms. The first-order valence-electron chi connectivity index (χ1n) is 5.62. The Kier molecular flexibility index (Phi) is 4.43. The average molecular weight is 338 g/mol. The maximum atomic E-state index is 12.1. The van der Waals surface area contributed by atoms with Gasteiger partial charge in [0.15, 0.2) is 5.82 Å². The normalized spacial score (nSPS) is 11.5. The highest BCUT2D eigenvalue weighted by atomic mass is 35.5. The van der Waals surface area contributed by atoms with Gasteiger partial charge >= 0.3 is 12.1 Å². The minimum Gasteiger partial charge on any atom is -0.301 e. The maximum Gasteiger partial charge on any atom is 0.471 e. The van der Waals surface area contributed by atoms with Crippen LogP contribution in [-0.2, 0) is 11.3 Å². The van der Waals surface area contributed by atoms with Gasteiger partial charge < -0.3 is 5.32 Å². The van der Waals surface area contributed by atoms with Crippen LogP contribution in [0.2, 0.25) is 10.0 Å². The first kappa shape index (κ1) is 15.7. The van der Waals surface area contributed by atoms with Gasteiger partial charge in [-0.25, -0.2) is 0 Å². The van der Waals surface area contributed by atoms with Crippen molar-refractivity contribution in [1.82, 2.24) is 9.78 Å². The van der Waals surface area contributed by atoms with Crippen molar-refractivity contribution in [2.24, 2.45) is 0 Å². The van der Waals surface area contributed by atoms with Crippen LogP contribution in [0.1, 0.15) is 5.56 Å². The van der Waals surface area contributed by atoms with Crippen LogP contribution in [0.15, 0.2) is 30.5 Å². The van der Waals surface area contributed by atoms with Crippen molar-refractivity contribution in [3.05, 3.63) is 46.1 Å². The smallest absolute Gasteiger partial charge is 0.301 e. The fourth-order valence-corrected chi connectivity index (χ4v) is 2.07. The van der Waals surface area contributed by atoms with Gasteiger partial charge in [-0.15, -0.1) is 0 Å². The molecule has 0 saturated carbocycles. The number of nitrogens with zero attached hydrogens (tertiary/aromatic N) is 2. The molecule has 2 rings (SSSR count). The van der Waals surface area contributed by atoms with E-state index in [1.54, 1.807) is 23.5 Å². The number of halogens is 5. The summed E-state index contributed by atoms with van der Waals surface area (Å²) in [5, 5.41) is 6.30. The topological polar surface area (TPSA) is 46.9 Å². The lowest BCUT2D eigenvalue weighted by Crippen LogP contribution is -2.30. The van der Waals surface area contributed by atoms with Crippen molar-refractivity contribution < 1.29 is 18.0 Å². The third kappa shape index (κ3) is 3.89. The molecule has 1 aromatic carbocycles. The van der Waals surface area contributed by atoms with Crippen LogP contribution in [0.5, 0.6) is 0 Å². The van der Waals surface area contributed by atoms with E-state index in [1.165, 1.54) is 16.9 Å². The van der Waals surface area contributed by atoms with E-state index < -0.39 is 12.1 Å². The number of carbonyl (C=O) groups is 1. The van der Waals surface area contributed by atoms with E-state index in [0.29, 0.717) is 15.6 Å². The zero-order valence-corrected chi connectivity index (χ0v) is 11.8. The maximum absolute atomic E-state index is 12.1. The Bertz CT molecular complexity index is 650. The lowest BCUT2D eigenvalue weighted by Gasteiger charge is -2.07. The van der Waals surface area contributed by atoms with E-state index in [-0.39, 0.29) is 12.4 Å². The molecule has 0 radical (unpaired) electrons. The summed E-state index contributed by atoms with van der Waals surface area (Å²) in [5.41, 5.74) is 0.581. The van der Waals surface area contributed by atoms with Crippen LogP contribution in [0.4, 0.5) is 19.0 Å². The molecule has 112 valence electrons. The number of aromatic nitrogens is 2. The van der Waals surface area contributed by atoms with Gasteiger partial charge in [-0.1, -0.05) is 29.3 Å². The van der Waals surface area contributed by atoms with Crippen molar-refractivity contribution in [2.45, 2.75) is 12.7 Å². The second-order valence-electron chi connectivity index (χ2n) is 4.05. The number of amides is 1. The van der Waals surface area contributed by atoms with Crippen LogP contribution in [0, 0.1) is 0 Å². The summed E-state index contributed by atoms with van der Waals surface area (Å²) in [4.78, 5) is 10.8. The number of rotatable bonds is 3. The SMILES string of the molecule is O=C(Nc1ccn(Cc2c(Cl)cccc2Cl)n1)C(F)(F)F. The van der Waals surface area contributed by atoms with Gasteiger partial charge in [0.2, 0.25) is 0 Å². The minimum absolute atomic E-state index is 0.167. The van der Waals surface area contributed by atoms with E-state index in [0.717, 1.165) is 0 Å². The quantitative estimate of drug-likeness (QED) is 0.927. The summed E-state index contributed by atoms with van der Waals surface area (Å²) in [7, 11) is 0. The highest BCUT2D eigenvalue weighted by molar-refractivity contribution is 6.35. The largest absolute Gasteiger partial charge is 0.471 e. The van der Waals surface area contributed by atoms with Gasteiger partial charge in [-0.05, 0) is 12.1 Å². The number of benzene rings is 1. The van der Waals surface area contributed by atoms with E-state index in [4.69, 9.17) is 23.2 Å². The molecule has 0 aliphatic carbocycles. The number of hydrogen-bond acceptors (Lipinski definition) is 2. The number of carbonyl (C=O) groups excluding carboxylic acids is 1. The van der Waals surface area contributed by atoms with Crippen molar-refractivity contribution in [3.63, 3.8) is 0 Å². The Labute approximate surface area is 127 Å². The summed E-state index contributed by atoms with van der Waals surface area (Å²) in [6.07, 6.45) is -3.55. The molecular weight excluding hydrogens is 330 g/mol. The highest BCUT2D eigenvalue weighted by Crippen LogP contribution is 2.25. The fourth-order valence-electron chi connectivity index (χ4n) is 1.55. The Balaban J connectivity index is 2.12. The molecule has 0 aliphatic heterocycles. The van der Waals surface area contributed by atoms with Crippen molar-refractivity contribution in [2.75, 3.05) is 5.32 Å². The highest BCUT2D eigenvalue weighted by Gasteiger charge is 2.39. The van der Waals surface area contributed by atoms with Gasteiger partial charge in [0.05, 0.1) is 6.54 Å². The zero-order chi connectivity index (χ0) is 15.6. The molecule has 1 N–H and O–H groups in total. The first-order valence-corrected chi connectivity index (χ1v) is 6.37. The van der Waals surface area contributed by atoms with Gasteiger partial charge in [0, 0.05) is 27.9 Å². The van der Waals surface area contributed by atoms with E-state index in [2.05, 4.69) is 5.10 Å². The van der Waals surface area contributed by atoms with Crippen molar-refractivity contribution in [3.8, 4) is 0 Å². The third-order valence-corrected chi connectivity index (χ3v) is 3.23. The first-order chi connectivity index (χ1) is 9.77. The lowest BCUT2D eigenvalue weighted by atomic mass is 10.2. The molecule has 0 aliphatic rings. The molecule has 0 spiro atoms. The lowest BCUT2D eigenvalue weighted by molar-refractivity contribution is -0.167. The molecule has 0 atom stereocenters. The van der Waals surface area contributed by atoms with E-state index >= 15 is 0 Å².